The first-order valence-electron chi connectivity index (χ1n) is 10.7. The van der Waals surface area contributed by atoms with E-state index in [2.05, 4.69) is 19.2 Å². The van der Waals surface area contributed by atoms with Crippen LogP contribution in [0.2, 0.25) is 0 Å². The first kappa shape index (κ1) is 28.3. The van der Waals surface area contributed by atoms with Gasteiger partial charge in [-0.15, -0.1) is 12.4 Å². The van der Waals surface area contributed by atoms with Gasteiger partial charge in [-0.1, -0.05) is 65.2 Å². The second-order valence-electron chi connectivity index (χ2n) is 7.65. The summed E-state index contributed by atoms with van der Waals surface area (Å²) >= 11 is 0. The Hall–Kier alpha value is 0.130. The van der Waals surface area contributed by atoms with E-state index in [1.807, 2.05) is 0 Å². The molecule has 160 valence electrons. The average molecular weight is 396 g/mol. The van der Waals surface area contributed by atoms with Gasteiger partial charge in [-0.25, -0.2) is 0 Å². The molecule has 0 saturated carbocycles. The molecule has 0 fully saturated rings. The highest BCUT2D eigenvalue weighted by atomic mass is 35.5. The highest BCUT2D eigenvalue weighted by Gasteiger charge is 2.05. The lowest BCUT2D eigenvalue weighted by Crippen LogP contribution is -2.32. The summed E-state index contributed by atoms with van der Waals surface area (Å²) in [5.74, 6) is 0.860. The Morgan fingerprint density at radius 1 is 0.692 bits per heavy atom. The van der Waals surface area contributed by atoms with E-state index < -0.39 is 0 Å². The van der Waals surface area contributed by atoms with Crippen LogP contribution in [0, 0.1) is 5.92 Å². The average Bonchev–Trinajstić information content (AvgIpc) is 2.58. The predicted octanol–water partition coefficient (Wildman–Crippen LogP) is 4.70. The summed E-state index contributed by atoms with van der Waals surface area (Å²) < 4.78 is 5.68. The number of rotatable bonds is 20. The number of ether oxygens (including phenoxy) is 1. The molecule has 26 heavy (non-hydrogen) atoms. The Bertz CT molecular complexity index is 249. The highest BCUT2D eigenvalue weighted by molar-refractivity contribution is 5.85. The number of aliphatic hydroxyl groups is 2. The number of nitrogens with one attached hydrogen (secondary N) is 1. The van der Waals surface area contributed by atoms with E-state index in [0.717, 1.165) is 32.1 Å². The lowest BCUT2D eigenvalue weighted by molar-refractivity contribution is 0.126. The molecule has 0 aromatic carbocycles. The quantitative estimate of drug-likeness (QED) is 0.261. The van der Waals surface area contributed by atoms with Crippen molar-refractivity contribution in [1.82, 2.24) is 5.32 Å². The molecule has 0 rings (SSSR count). The van der Waals surface area contributed by atoms with Crippen molar-refractivity contribution >= 4 is 12.4 Å². The van der Waals surface area contributed by atoms with Gasteiger partial charge in [-0.2, -0.15) is 0 Å². The molecule has 0 aliphatic rings. The second kappa shape index (κ2) is 23.2. The van der Waals surface area contributed by atoms with Crippen molar-refractivity contribution in [3.63, 3.8) is 0 Å². The molecule has 4 nitrogen and oxygen atoms in total. The predicted molar refractivity (Wildman–Crippen MR) is 114 cm³/mol. The van der Waals surface area contributed by atoms with Crippen LogP contribution in [-0.4, -0.2) is 49.2 Å². The van der Waals surface area contributed by atoms with Crippen LogP contribution in [0.25, 0.3) is 0 Å². The van der Waals surface area contributed by atoms with Gasteiger partial charge < -0.3 is 20.3 Å². The third-order valence-electron chi connectivity index (χ3n) is 4.67. The third kappa shape index (κ3) is 22.2. The summed E-state index contributed by atoms with van der Waals surface area (Å²) in [5, 5.41) is 21.3. The fraction of sp³-hybridized carbons (Fsp3) is 1.00. The van der Waals surface area contributed by atoms with E-state index >= 15 is 0 Å². The van der Waals surface area contributed by atoms with Crippen LogP contribution in [0.4, 0.5) is 0 Å². The minimum Gasteiger partial charge on any atom is -0.396 e. The largest absolute Gasteiger partial charge is 0.396 e. The first-order chi connectivity index (χ1) is 12.2. The van der Waals surface area contributed by atoms with Crippen LogP contribution < -0.4 is 5.32 Å². The Morgan fingerprint density at radius 2 is 1.19 bits per heavy atom. The molecule has 3 N–H and O–H groups in total. The normalized spacial score (nSPS) is 11.3. The van der Waals surface area contributed by atoms with Gasteiger partial charge >= 0.3 is 0 Å². The molecule has 0 aromatic rings. The number of hydrogen-bond acceptors (Lipinski definition) is 4. The van der Waals surface area contributed by atoms with Crippen LogP contribution in [-0.2, 0) is 4.74 Å². The maximum atomic E-state index is 8.95. The van der Waals surface area contributed by atoms with Crippen LogP contribution in [0.1, 0.15) is 90.9 Å². The van der Waals surface area contributed by atoms with Gasteiger partial charge in [0.2, 0.25) is 0 Å². The molecule has 0 spiro atoms. The number of aliphatic hydroxyl groups excluding tert-OH is 2. The van der Waals surface area contributed by atoms with Crippen molar-refractivity contribution in [3.8, 4) is 0 Å². The minimum absolute atomic E-state index is 0. The third-order valence-corrected chi connectivity index (χ3v) is 4.67. The summed E-state index contributed by atoms with van der Waals surface area (Å²) in [4.78, 5) is 0. The smallest absolute Gasteiger partial charge is 0.0478 e. The summed E-state index contributed by atoms with van der Waals surface area (Å²) in [6.45, 7) is 7.53. The van der Waals surface area contributed by atoms with Crippen molar-refractivity contribution in [3.05, 3.63) is 0 Å². The molecule has 0 heterocycles. The van der Waals surface area contributed by atoms with E-state index in [4.69, 9.17) is 14.9 Å². The highest BCUT2D eigenvalue weighted by Crippen LogP contribution is 2.12. The Balaban J connectivity index is 0. The fourth-order valence-corrected chi connectivity index (χ4v) is 3.06. The summed E-state index contributed by atoms with van der Waals surface area (Å²) in [7, 11) is 0. The van der Waals surface area contributed by atoms with E-state index in [1.165, 1.54) is 57.8 Å². The molecule has 0 aliphatic carbocycles. The molecule has 0 saturated heterocycles. The van der Waals surface area contributed by atoms with Gasteiger partial charge in [0.25, 0.3) is 0 Å². The molecule has 5 heteroatoms. The zero-order valence-corrected chi connectivity index (χ0v) is 18.2. The van der Waals surface area contributed by atoms with Crippen molar-refractivity contribution in [1.29, 1.82) is 0 Å². The van der Waals surface area contributed by atoms with Crippen molar-refractivity contribution in [2.45, 2.75) is 96.9 Å². The number of halogens is 1. The fourth-order valence-electron chi connectivity index (χ4n) is 3.06. The van der Waals surface area contributed by atoms with Crippen LogP contribution >= 0.6 is 12.4 Å². The van der Waals surface area contributed by atoms with Gasteiger partial charge in [0.05, 0.1) is 0 Å². The molecule has 0 amide bonds. The van der Waals surface area contributed by atoms with E-state index in [-0.39, 0.29) is 31.7 Å². The van der Waals surface area contributed by atoms with Crippen molar-refractivity contribution in [2.24, 2.45) is 5.92 Å². The van der Waals surface area contributed by atoms with Crippen LogP contribution in [0.5, 0.6) is 0 Å². The monoisotopic (exact) mass is 395 g/mol. The summed E-state index contributed by atoms with van der Waals surface area (Å²) in [5.41, 5.74) is 0. The van der Waals surface area contributed by atoms with Gasteiger partial charge in [0, 0.05) is 32.5 Å². The summed E-state index contributed by atoms with van der Waals surface area (Å²) in [6, 6.07) is 0.223. The second-order valence-corrected chi connectivity index (χ2v) is 7.65. The van der Waals surface area contributed by atoms with E-state index in [0.29, 0.717) is 12.8 Å². The molecule has 0 aliphatic heterocycles. The number of hydrogen-bond donors (Lipinski definition) is 3. The Morgan fingerprint density at radius 3 is 1.73 bits per heavy atom. The Kier molecular flexibility index (Phi) is 25.3. The maximum Gasteiger partial charge on any atom is 0.0478 e. The molecular weight excluding hydrogens is 350 g/mol. The zero-order chi connectivity index (χ0) is 18.6. The molecule has 0 aromatic heterocycles. The Labute approximate surface area is 168 Å². The maximum absolute atomic E-state index is 8.95. The lowest BCUT2D eigenvalue weighted by atomic mass is 10.0. The molecule has 0 bridgehead atoms. The van der Waals surface area contributed by atoms with E-state index in [9.17, 15) is 0 Å². The van der Waals surface area contributed by atoms with E-state index in [1.54, 1.807) is 0 Å². The summed E-state index contributed by atoms with van der Waals surface area (Å²) in [6.07, 6.45) is 14.6. The van der Waals surface area contributed by atoms with Gasteiger partial charge in [0.15, 0.2) is 0 Å². The van der Waals surface area contributed by atoms with Crippen LogP contribution in [0.15, 0.2) is 0 Å². The van der Waals surface area contributed by atoms with Gasteiger partial charge in [0.1, 0.15) is 0 Å². The first-order valence-corrected chi connectivity index (χ1v) is 10.7. The van der Waals surface area contributed by atoms with Crippen molar-refractivity contribution in [2.75, 3.05) is 33.0 Å². The minimum atomic E-state index is 0. The van der Waals surface area contributed by atoms with Crippen molar-refractivity contribution < 1.29 is 14.9 Å². The van der Waals surface area contributed by atoms with Crippen LogP contribution in [0.3, 0.4) is 0 Å². The molecule has 0 radical (unpaired) electrons. The standard InChI is InChI=1S/C21H45NO3.ClH/c1-20(2)12-9-7-5-3-4-6-8-10-18-25-19-11-15-22-21(13-16-23)14-17-24;/h20-24H,3-19H2,1-2H3;1H. The number of unbranched alkanes of at least 4 members (excludes halogenated alkanes) is 7. The SMILES string of the molecule is CC(C)CCCCCCCCCCOCCCNC(CCO)CCO.Cl. The lowest BCUT2D eigenvalue weighted by Gasteiger charge is -2.16. The molecule has 0 atom stereocenters. The topological polar surface area (TPSA) is 61.7 Å². The zero-order valence-electron chi connectivity index (χ0n) is 17.4. The van der Waals surface area contributed by atoms with Gasteiger partial charge in [-0.05, 0) is 38.1 Å². The molecule has 0 unspecified atom stereocenters. The van der Waals surface area contributed by atoms with Gasteiger partial charge in [-0.3, -0.25) is 0 Å². The molecular formula is C21H46ClNO3.